The molecule has 0 unspecified atom stereocenters. The van der Waals surface area contributed by atoms with Gasteiger partial charge in [0.25, 0.3) is 0 Å². The lowest BCUT2D eigenvalue weighted by Crippen LogP contribution is -1.94. The van der Waals surface area contributed by atoms with Crippen molar-refractivity contribution in [2.24, 2.45) is 0 Å². The highest BCUT2D eigenvalue weighted by molar-refractivity contribution is 5.92. The van der Waals surface area contributed by atoms with E-state index in [1.807, 2.05) is 54.6 Å². The smallest absolute Gasteiger partial charge is 0.118 e. The van der Waals surface area contributed by atoms with Gasteiger partial charge in [-0.1, -0.05) is 48.5 Å². The molecule has 3 nitrogen and oxygen atoms in total. The molecule has 0 amide bonds. The molecule has 0 spiro atoms. The summed E-state index contributed by atoms with van der Waals surface area (Å²) in [5.41, 5.74) is 5.13. The maximum absolute atomic E-state index is 5.31. The van der Waals surface area contributed by atoms with Crippen LogP contribution < -0.4 is 9.47 Å². The number of methoxy groups -OCH3 is 2. The lowest BCUT2D eigenvalue weighted by atomic mass is 9.98. The van der Waals surface area contributed by atoms with E-state index in [9.17, 15) is 0 Å². The second kappa shape index (κ2) is 7.97. The average molecular weight is 367 g/mol. The van der Waals surface area contributed by atoms with Crippen molar-refractivity contribution in [3.8, 4) is 11.5 Å². The summed E-state index contributed by atoms with van der Waals surface area (Å²) in [6.07, 6.45) is 2.15. The SMILES string of the molecule is COc1ccc(C=C(c2ccc(OC)cc2)c2ccc3ccccc3n2)cc1. The summed E-state index contributed by atoms with van der Waals surface area (Å²) in [7, 11) is 3.35. The van der Waals surface area contributed by atoms with Gasteiger partial charge in [-0.3, -0.25) is 0 Å². The van der Waals surface area contributed by atoms with Gasteiger partial charge < -0.3 is 9.47 Å². The van der Waals surface area contributed by atoms with Crippen molar-refractivity contribution in [3.63, 3.8) is 0 Å². The predicted octanol–water partition coefficient (Wildman–Crippen LogP) is 5.84. The molecule has 0 bridgehead atoms. The number of hydrogen-bond donors (Lipinski definition) is 0. The third kappa shape index (κ3) is 3.74. The summed E-state index contributed by atoms with van der Waals surface area (Å²) in [6, 6.07) is 28.4. The normalized spacial score (nSPS) is 11.4. The van der Waals surface area contributed by atoms with Gasteiger partial charge in [0.2, 0.25) is 0 Å². The van der Waals surface area contributed by atoms with Crippen molar-refractivity contribution >= 4 is 22.6 Å². The molecular weight excluding hydrogens is 346 g/mol. The molecule has 0 N–H and O–H groups in total. The fourth-order valence-corrected chi connectivity index (χ4v) is 3.16. The number of benzene rings is 3. The number of para-hydroxylation sites is 1. The van der Waals surface area contributed by atoms with Crippen LogP contribution in [0.1, 0.15) is 16.8 Å². The number of nitrogens with zero attached hydrogens (tertiary/aromatic N) is 1. The molecule has 3 heteroatoms. The monoisotopic (exact) mass is 367 g/mol. The maximum Gasteiger partial charge on any atom is 0.118 e. The molecule has 3 aromatic carbocycles. The zero-order valence-electron chi connectivity index (χ0n) is 15.9. The molecule has 0 aliphatic rings. The molecule has 138 valence electrons. The zero-order valence-corrected chi connectivity index (χ0v) is 15.9. The van der Waals surface area contributed by atoms with E-state index in [1.54, 1.807) is 14.2 Å². The molecular formula is C25H21NO2. The molecule has 0 saturated heterocycles. The maximum atomic E-state index is 5.31. The molecule has 0 radical (unpaired) electrons. The molecule has 1 heterocycles. The first-order chi connectivity index (χ1) is 13.8. The summed E-state index contributed by atoms with van der Waals surface area (Å²) in [4.78, 5) is 4.90. The van der Waals surface area contributed by atoms with Crippen LogP contribution in [-0.4, -0.2) is 19.2 Å². The Morgan fingerprint density at radius 1 is 0.714 bits per heavy atom. The minimum absolute atomic E-state index is 0.832. The van der Waals surface area contributed by atoms with Gasteiger partial charge >= 0.3 is 0 Å². The van der Waals surface area contributed by atoms with Crippen LogP contribution in [0.15, 0.2) is 84.9 Å². The Morgan fingerprint density at radius 3 is 2.04 bits per heavy atom. The Labute approximate surface area is 164 Å². The van der Waals surface area contributed by atoms with Crippen LogP contribution in [0.25, 0.3) is 22.6 Å². The Balaban J connectivity index is 1.84. The zero-order chi connectivity index (χ0) is 19.3. The molecule has 0 atom stereocenters. The van der Waals surface area contributed by atoms with Crippen molar-refractivity contribution in [2.45, 2.75) is 0 Å². The van der Waals surface area contributed by atoms with E-state index < -0.39 is 0 Å². The van der Waals surface area contributed by atoms with Crippen molar-refractivity contribution in [1.29, 1.82) is 0 Å². The molecule has 1 aromatic heterocycles. The Hall–Kier alpha value is -3.59. The number of aromatic nitrogens is 1. The Morgan fingerprint density at radius 2 is 1.36 bits per heavy atom. The van der Waals surface area contributed by atoms with Crippen LogP contribution in [0.4, 0.5) is 0 Å². The van der Waals surface area contributed by atoms with E-state index >= 15 is 0 Å². The largest absolute Gasteiger partial charge is 0.497 e. The minimum atomic E-state index is 0.832. The highest BCUT2D eigenvalue weighted by Gasteiger charge is 2.09. The first-order valence-electron chi connectivity index (χ1n) is 9.13. The highest BCUT2D eigenvalue weighted by Crippen LogP contribution is 2.28. The molecule has 4 aromatic rings. The van der Waals surface area contributed by atoms with Crippen LogP contribution in [0, 0.1) is 0 Å². The Kier molecular flexibility index (Phi) is 5.07. The third-order valence-corrected chi connectivity index (χ3v) is 4.70. The lowest BCUT2D eigenvalue weighted by Gasteiger charge is -2.11. The van der Waals surface area contributed by atoms with Gasteiger partial charge in [0.05, 0.1) is 25.4 Å². The van der Waals surface area contributed by atoms with Crippen LogP contribution in [-0.2, 0) is 0 Å². The Bertz CT molecular complexity index is 1110. The quantitative estimate of drug-likeness (QED) is 0.415. The van der Waals surface area contributed by atoms with Gasteiger partial charge in [0, 0.05) is 11.0 Å². The number of ether oxygens (including phenoxy) is 2. The van der Waals surface area contributed by atoms with Gasteiger partial charge in [-0.15, -0.1) is 0 Å². The summed E-state index contributed by atoms with van der Waals surface area (Å²) in [5.74, 6) is 1.67. The fourth-order valence-electron chi connectivity index (χ4n) is 3.16. The highest BCUT2D eigenvalue weighted by atomic mass is 16.5. The minimum Gasteiger partial charge on any atom is -0.497 e. The van der Waals surface area contributed by atoms with Crippen LogP contribution >= 0.6 is 0 Å². The van der Waals surface area contributed by atoms with E-state index in [1.165, 1.54) is 0 Å². The number of hydrogen-bond acceptors (Lipinski definition) is 3. The summed E-state index contributed by atoms with van der Waals surface area (Å²) in [6.45, 7) is 0. The molecule has 0 saturated carbocycles. The number of rotatable bonds is 5. The van der Waals surface area contributed by atoms with Crippen molar-refractivity contribution in [3.05, 3.63) is 102 Å². The van der Waals surface area contributed by atoms with Crippen LogP contribution in [0.3, 0.4) is 0 Å². The molecule has 0 aliphatic heterocycles. The molecule has 0 aliphatic carbocycles. The molecule has 28 heavy (non-hydrogen) atoms. The van der Waals surface area contributed by atoms with E-state index in [-0.39, 0.29) is 0 Å². The van der Waals surface area contributed by atoms with Crippen LogP contribution in [0.2, 0.25) is 0 Å². The molecule has 4 rings (SSSR count). The van der Waals surface area contributed by atoms with Crippen LogP contribution in [0.5, 0.6) is 11.5 Å². The topological polar surface area (TPSA) is 31.4 Å². The molecule has 0 fully saturated rings. The average Bonchev–Trinajstić information content (AvgIpc) is 2.77. The fraction of sp³-hybridized carbons (Fsp3) is 0.0800. The van der Waals surface area contributed by atoms with Gasteiger partial charge in [-0.05, 0) is 53.6 Å². The third-order valence-electron chi connectivity index (χ3n) is 4.70. The lowest BCUT2D eigenvalue weighted by molar-refractivity contribution is 0.414. The summed E-state index contributed by atoms with van der Waals surface area (Å²) >= 11 is 0. The summed E-state index contributed by atoms with van der Waals surface area (Å²) in [5, 5.41) is 1.13. The second-order valence-electron chi connectivity index (χ2n) is 6.45. The number of pyridine rings is 1. The number of fused-ring (bicyclic) bond motifs is 1. The predicted molar refractivity (Wildman–Crippen MR) is 115 cm³/mol. The van der Waals surface area contributed by atoms with Gasteiger partial charge in [0.1, 0.15) is 11.5 Å². The second-order valence-corrected chi connectivity index (χ2v) is 6.45. The van der Waals surface area contributed by atoms with E-state index in [4.69, 9.17) is 14.5 Å². The van der Waals surface area contributed by atoms with E-state index in [0.29, 0.717) is 0 Å². The van der Waals surface area contributed by atoms with Crippen molar-refractivity contribution in [1.82, 2.24) is 4.98 Å². The van der Waals surface area contributed by atoms with Crippen molar-refractivity contribution < 1.29 is 9.47 Å². The first-order valence-corrected chi connectivity index (χ1v) is 9.13. The van der Waals surface area contributed by atoms with Gasteiger partial charge in [-0.25, -0.2) is 4.98 Å². The summed E-state index contributed by atoms with van der Waals surface area (Å²) < 4.78 is 10.6. The van der Waals surface area contributed by atoms with Gasteiger partial charge in [-0.2, -0.15) is 0 Å². The first kappa shape index (κ1) is 17.8. The van der Waals surface area contributed by atoms with E-state index in [2.05, 4.69) is 36.4 Å². The van der Waals surface area contributed by atoms with E-state index in [0.717, 1.165) is 44.8 Å². The standard InChI is InChI=1S/C25H21NO2/c1-27-21-12-7-18(8-13-21)17-23(19-9-14-22(28-2)15-10-19)25-16-11-20-5-3-4-6-24(20)26-25/h3-17H,1-2H3. The van der Waals surface area contributed by atoms with Crippen molar-refractivity contribution in [2.75, 3.05) is 14.2 Å². The van der Waals surface area contributed by atoms with Gasteiger partial charge in [0.15, 0.2) is 0 Å².